The third-order valence-electron chi connectivity index (χ3n) is 2.43. The molecule has 0 spiro atoms. The molecule has 1 atom stereocenters. The number of Topliss-reactive ketones (excluding diaryl/α,β-unsaturated/α-hetero) is 1. The number of unbranched alkanes of at least 4 members (excludes halogenated alkanes) is 1. The maximum absolute atomic E-state index is 11.0. The molecule has 0 aromatic carbocycles. The highest BCUT2D eigenvalue weighted by Gasteiger charge is 2.10. The molecule has 0 aliphatic carbocycles. The van der Waals surface area contributed by atoms with E-state index in [2.05, 4.69) is 26.8 Å². The van der Waals surface area contributed by atoms with Gasteiger partial charge in [0.1, 0.15) is 5.78 Å². The second-order valence-corrected chi connectivity index (χ2v) is 3.75. The van der Waals surface area contributed by atoms with Crippen molar-refractivity contribution >= 4 is 5.78 Å². The fourth-order valence-electron chi connectivity index (χ4n) is 1.51. The van der Waals surface area contributed by atoms with E-state index in [1.165, 1.54) is 12.0 Å². The van der Waals surface area contributed by atoms with Crippen molar-refractivity contribution in [2.75, 3.05) is 0 Å². The zero-order chi connectivity index (χ0) is 10.3. The number of allylic oxidation sites excluding steroid dienone is 2. The molecule has 0 rings (SSSR count). The van der Waals surface area contributed by atoms with E-state index in [9.17, 15) is 4.79 Å². The van der Waals surface area contributed by atoms with E-state index in [0.29, 0.717) is 18.1 Å². The second kappa shape index (κ2) is 6.88. The van der Waals surface area contributed by atoms with E-state index in [-0.39, 0.29) is 0 Å². The first-order chi connectivity index (χ1) is 6.11. The predicted octanol–water partition coefficient (Wildman–Crippen LogP) is 3.74. The van der Waals surface area contributed by atoms with Crippen molar-refractivity contribution in [3.05, 3.63) is 11.6 Å². The quantitative estimate of drug-likeness (QED) is 0.572. The standard InChI is InChI=1S/C12H22O/c1-5-7-8-10(3)12(6-2)9-11(4)13/h8,12H,5-7,9H2,1-4H3. The molecule has 0 fully saturated rings. The van der Waals surface area contributed by atoms with Crippen LogP contribution in [0.15, 0.2) is 11.6 Å². The first kappa shape index (κ1) is 12.4. The van der Waals surface area contributed by atoms with Gasteiger partial charge in [0.25, 0.3) is 0 Å². The molecule has 0 bridgehead atoms. The van der Waals surface area contributed by atoms with Crippen molar-refractivity contribution in [1.82, 2.24) is 0 Å². The van der Waals surface area contributed by atoms with Gasteiger partial charge in [-0.1, -0.05) is 31.9 Å². The highest BCUT2D eigenvalue weighted by atomic mass is 16.1. The third-order valence-corrected chi connectivity index (χ3v) is 2.43. The lowest BCUT2D eigenvalue weighted by Gasteiger charge is -2.13. The van der Waals surface area contributed by atoms with Gasteiger partial charge in [0.15, 0.2) is 0 Å². The lowest BCUT2D eigenvalue weighted by atomic mass is 9.92. The molecule has 13 heavy (non-hydrogen) atoms. The summed E-state index contributed by atoms with van der Waals surface area (Å²) in [4.78, 5) is 11.0. The molecule has 0 N–H and O–H groups in total. The molecule has 0 amide bonds. The largest absolute Gasteiger partial charge is 0.300 e. The lowest BCUT2D eigenvalue weighted by Crippen LogP contribution is -2.06. The Labute approximate surface area is 82.2 Å². The number of ketones is 1. The van der Waals surface area contributed by atoms with E-state index < -0.39 is 0 Å². The van der Waals surface area contributed by atoms with E-state index >= 15 is 0 Å². The molecule has 0 aliphatic heterocycles. The SMILES string of the molecule is CCCC=C(C)C(CC)CC(C)=O. The van der Waals surface area contributed by atoms with Gasteiger partial charge in [-0.05, 0) is 32.6 Å². The first-order valence-electron chi connectivity index (χ1n) is 5.27. The van der Waals surface area contributed by atoms with Gasteiger partial charge in [-0.2, -0.15) is 0 Å². The van der Waals surface area contributed by atoms with Crippen LogP contribution in [0.5, 0.6) is 0 Å². The normalized spacial score (nSPS) is 14.3. The van der Waals surface area contributed by atoms with E-state index in [4.69, 9.17) is 0 Å². The van der Waals surface area contributed by atoms with Gasteiger partial charge in [0, 0.05) is 6.42 Å². The average Bonchev–Trinajstić information content (AvgIpc) is 2.09. The fraction of sp³-hybridized carbons (Fsp3) is 0.750. The molecule has 0 saturated carbocycles. The Morgan fingerprint density at radius 1 is 1.31 bits per heavy atom. The summed E-state index contributed by atoms with van der Waals surface area (Å²) in [6, 6.07) is 0. The van der Waals surface area contributed by atoms with Crippen molar-refractivity contribution in [3.63, 3.8) is 0 Å². The zero-order valence-corrected chi connectivity index (χ0v) is 9.39. The minimum atomic E-state index is 0.302. The Morgan fingerprint density at radius 3 is 2.31 bits per heavy atom. The summed E-state index contributed by atoms with van der Waals surface area (Å²) in [7, 11) is 0. The summed E-state index contributed by atoms with van der Waals surface area (Å²) in [5.41, 5.74) is 1.39. The van der Waals surface area contributed by atoms with Gasteiger partial charge in [-0.15, -0.1) is 0 Å². The number of hydrogen-bond donors (Lipinski definition) is 0. The Balaban J connectivity index is 4.13. The van der Waals surface area contributed by atoms with Gasteiger partial charge in [-0.3, -0.25) is 0 Å². The maximum atomic E-state index is 11.0. The molecule has 0 aromatic rings. The molecule has 0 aliphatic rings. The van der Waals surface area contributed by atoms with Crippen molar-refractivity contribution in [3.8, 4) is 0 Å². The monoisotopic (exact) mass is 182 g/mol. The van der Waals surface area contributed by atoms with Gasteiger partial charge < -0.3 is 4.79 Å². The average molecular weight is 182 g/mol. The van der Waals surface area contributed by atoms with E-state index in [1.807, 2.05) is 0 Å². The molecule has 0 aromatic heterocycles. The van der Waals surface area contributed by atoms with Crippen LogP contribution in [0.4, 0.5) is 0 Å². The summed E-state index contributed by atoms with van der Waals surface area (Å²) >= 11 is 0. The summed E-state index contributed by atoms with van der Waals surface area (Å²) in [6.45, 7) is 8.15. The van der Waals surface area contributed by atoms with Crippen molar-refractivity contribution in [2.45, 2.75) is 53.4 Å². The van der Waals surface area contributed by atoms with Crippen LogP contribution in [0.3, 0.4) is 0 Å². The Bertz CT molecular complexity index is 180. The molecule has 0 heterocycles. The molecule has 1 unspecified atom stereocenters. The van der Waals surface area contributed by atoms with Crippen LogP contribution in [0.25, 0.3) is 0 Å². The van der Waals surface area contributed by atoms with Gasteiger partial charge >= 0.3 is 0 Å². The lowest BCUT2D eigenvalue weighted by molar-refractivity contribution is -0.117. The Hall–Kier alpha value is -0.590. The molecule has 76 valence electrons. The molecular formula is C12H22O. The van der Waals surface area contributed by atoms with Crippen LogP contribution in [0, 0.1) is 5.92 Å². The van der Waals surface area contributed by atoms with Crippen LogP contribution in [-0.2, 0) is 4.79 Å². The summed E-state index contributed by atoms with van der Waals surface area (Å²) < 4.78 is 0. The second-order valence-electron chi connectivity index (χ2n) is 3.75. The van der Waals surface area contributed by atoms with Gasteiger partial charge in [0.05, 0.1) is 0 Å². The minimum absolute atomic E-state index is 0.302. The van der Waals surface area contributed by atoms with Crippen molar-refractivity contribution < 1.29 is 4.79 Å². The topological polar surface area (TPSA) is 17.1 Å². The summed E-state index contributed by atoms with van der Waals surface area (Å²) in [6.07, 6.45) is 6.39. The van der Waals surface area contributed by atoms with E-state index in [0.717, 1.165) is 12.8 Å². The highest BCUT2D eigenvalue weighted by molar-refractivity contribution is 5.76. The van der Waals surface area contributed by atoms with Crippen molar-refractivity contribution in [1.29, 1.82) is 0 Å². The molecular weight excluding hydrogens is 160 g/mol. The number of carbonyl (C=O) groups excluding carboxylic acids is 1. The zero-order valence-electron chi connectivity index (χ0n) is 9.39. The smallest absolute Gasteiger partial charge is 0.130 e. The Morgan fingerprint density at radius 2 is 1.92 bits per heavy atom. The van der Waals surface area contributed by atoms with E-state index in [1.54, 1.807) is 6.92 Å². The van der Waals surface area contributed by atoms with Gasteiger partial charge in [-0.25, -0.2) is 0 Å². The first-order valence-corrected chi connectivity index (χ1v) is 5.27. The number of rotatable bonds is 6. The van der Waals surface area contributed by atoms with Crippen LogP contribution in [0.2, 0.25) is 0 Å². The fourth-order valence-corrected chi connectivity index (χ4v) is 1.51. The van der Waals surface area contributed by atoms with Crippen LogP contribution < -0.4 is 0 Å². The maximum Gasteiger partial charge on any atom is 0.130 e. The molecule has 0 radical (unpaired) electrons. The summed E-state index contributed by atoms with van der Waals surface area (Å²) in [5, 5.41) is 0. The van der Waals surface area contributed by atoms with Crippen LogP contribution in [0.1, 0.15) is 53.4 Å². The van der Waals surface area contributed by atoms with Crippen molar-refractivity contribution in [2.24, 2.45) is 5.92 Å². The third kappa shape index (κ3) is 5.62. The minimum Gasteiger partial charge on any atom is -0.300 e. The number of hydrogen-bond acceptors (Lipinski definition) is 1. The molecule has 0 saturated heterocycles. The van der Waals surface area contributed by atoms with Gasteiger partial charge in [0.2, 0.25) is 0 Å². The molecule has 1 nitrogen and oxygen atoms in total. The number of carbonyl (C=O) groups is 1. The van der Waals surface area contributed by atoms with Crippen LogP contribution >= 0.6 is 0 Å². The predicted molar refractivity (Wildman–Crippen MR) is 57.7 cm³/mol. The Kier molecular flexibility index (Phi) is 6.56. The highest BCUT2D eigenvalue weighted by Crippen LogP contribution is 2.19. The van der Waals surface area contributed by atoms with Crippen LogP contribution in [-0.4, -0.2) is 5.78 Å². The summed E-state index contributed by atoms with van der Waals surface area (Å²) in [5.74, 6) is 0.778. The molecule has 1 heteroatoms.